The molecule has 8 nitrogen and oxygen atoms in total. The van der Waals surface area contributed by atoms with Gasteiger partial charge in [0.25, 0.3) is 0 Å². The number of hydrogen-bond acceptors (Lipinski definition) is 5. The highest BCUT2D eigenvalue weighted by molar-refractivity contribution is 7.92. The Morgan fingerprint density at radius 1 is 1.24 bits per heavy atom. The molecule has 0 bridgehead atoms. The van der Waals surface area contributed by atoms with Crippen LogP contribution in [0.15, 0.2) is 42.5 Å². The Morgan fingerprint density at radius 2 is 2.00 bits per heavy atom. The molecule has 0 saturated heterocycles. The van der Waals surface area contributed by atoms with Crippen LogP contribution in [0, 0.1) is 5.92 Å². The largest absolute Gasteiger partial charge is 0.495 e. The Labute approximate surface area is 169 Å². The van der Waals surface area contributed by atoms with Gasteiger partial charge in [-0.2, -0.15) is 0 Å². The molecular weight excluding hydrogens is 394 g/mol. The fourth-order valence-electron chi connectivity index (χ4n) is 3.24. The summed E-state index contributed by atoms with van der Waals surface area (Å²) in [7, 11) is -2.07. The second kappa shape index (κ2) is 8.52. The van der Waals surface area contributed by atoms with E-state index in [0.29, 0.717) is 24.3 Å². The number of carbonyl (C=O) groups is 2. The van der Waals surface area contributed by atoms with Crippen molar-refractivity contribution in [2.45, 2.75) is 19.3 Å². The summed E-state index contributed by atoms with van der Waals surface area (Å²) in [4.78, 5) is 24.6. The molecule has 0 aliphatic carbocycles. The van der Waals surface area contributed by atoms with Crippen LogP contribution in [0.3, 0.4) is 0 Å². The highest BCUT2D eigenvalue weighted by Crippen LogP contribution is 2.30. The van der Waals surface area contributed by atoms with Crippen molar-refractivity contribution in [3.63, 3.8) is 0 Å². The van der Waals surface area contributed by atoms with E-state index < -0.39 is 10.0 Å². The van der Waals surface area contributed by atoms with Crippen LogP contribution in [0.1, 0.15) is 18.4 Å². The Hall–Kier alpha value is -3.07. The van der Waals surface area contributed by atoms with Gasteiger partial charge in [0, 0.05) is 23.7 Å². The van der Waals surface area contributed by atoms with Gasteiger partial charge < -0.3 is 15.4 Å². The third-order valence-corrected chi connectivity index (χ3v) is 5.20. The maximum atomic E-state index is 12.3. The molecule has 0 spiro atoms. The van der Waals surface area contributed by atoms with Crippen LogP contribution in [-0.2, 0) is 26.0 Å². The summed E-state index contributed by atoms with van der Waals surface area (Å²) in [6.07, 6.45) is 2.21. The number of fused-ring (bicyclic) bond motifs is 1. The normalized spacial score (nSPS) is 15.8. The third-order valence-electron chi connectivity index (χ3n) is 4.61. The van der Waals surface area contributed by atoms with E-state index in [1.54, 1.807) is 12.1 Å². The molecule has 154 valence electrons. The van der Waals surface area contributed by atoms with Crippen molar-refractivity contribution in [2.24, 2.45) is 5.92 Å². The summed E-state index contributed by atoms with van der Waals surface area (Å²) in [6, 6.07) is 12.3. The Balaban J connectivity index is 1.61. The lowest BCUT2D eigenvalue weighted by Gasteiger charge is -2.24. The van der Waals surface area contributed by atoms with Crippen molar-refractivity contribution >= 4 is 38.9 Å². The van der Waals surface area contributed by atoms with E-state index in [1.165, 1.54) is 13.2 Å². The molecule has 3 N–H and O–H groups in total. The highest BCUT2D eigenvalue weighted by atomic mass is 32.2. The average molecular weight is 417 g/mol. The topological polar surface area (TPSA) is 114 Å². The zero-order valence-electron chi connectivity index (χ0n) is 16.2. The summed E-state index contributed by atoms with van der Waals surface area (Å²) >= 11 is 0. The zero-order valence-corrected chi connectivity index (χ0v) is 17.0. The molecule has 1 aliphatic rings. The van der Waals surface area contributed by atoms with Crippen molar-refractivity contribution in [3.05, 3.63) is 48.0 Å². The number of rotatable bonds is 7. The fraction of sp³-hybridized carbons (Fsp3) is 0.300. The molecule has 29 heavy (non-hydrogen) atoms. The van der Waals surface area contributed by atoms with Gasteiger partial charge in [-0.3, -0.25) is 14.3 Å². The van der Waals surface area contributed by atoms with Crippen LogP contribution in [0.2, 0.25) is 0 Å². The second-order valence-corrected chi connectivity index (χ2v) is 8.67. The first-order valence-electron chi connectivity index (χ1n) is 9.09. The lowest BCUT2D eigenvalue weighted by molar-refractivity contribution is -0.121. The molecule has 0 saturated carbocycles. The lowest BCUT2D eigenvalue weighted by atomic mass is 9.89. The van der Waals surface area contributed by atoms with Crippen molar-refractivity contribution in [2.75, 3.05) is 28.7 Å². The quantitative estimate of drug-likeness (QED) is 0.641. The van der Waals surface area contributed by atoms with Gasteiger partial charge in [-0.15, -0.1) is 0 Å². The molecule has 1 heterocycles. The summed E-state index contributed by atoms with van der Waals surface area (Å²) in [5.41, 5.74) is 2.54. The number of para-hydroxylation sites is 1. The monoisotopic (exact) mass is 417 g/mol. The van der Waals surface area contributed by atoms with Crippen molar-refractivity contribution in [1.29, 1.82) is 0 Å². The molecule has 9 heteroatoms. The van der Waals surface area contributed by atoms with Gasteiger partial charge in [-0.05, 0) is 42.7 Å². The van der Waals surface area contributed by atoms with E-state index in [4.69, 9.17) is 4.74 Å². The molecule has 0 fully saturated rings. The van der Waals surface area contributed by atoms with E-state index in [1.807, 2.05) is 24.3 Å². The summed E-state index contributed by atoms with van der Waals surface area (Å²) in [5, 5.41) is 5.61. The van der Waals surface area contributed by atoms with Crippen molar-refractivity contribution in [1.82, 2.24) is 0 Å². The molecule has 3 rings (SSSR count). The first kappa shape index (κ1) is 20.7. The standard InChI is InChI=1S/C20H23N3O5S/c1-28-18-9-8-15(12-17(18)23-29(2,26)27)21-19(24)10-7-14-11-13-5-3-4-6-16(13)22-20(14)25/h3-6,8-9,12,14,23H,7,10-11H2,1-2H3,(H,21,24)(H,22,25). The number of sulfonamides is 1. The maximum absolute atomic E-state index is 12.3. The number of anilines is 3. The molecular formula is C20H23N3O5S. The Bertz CT molecular complexity index is 1040. The molecule has 1 unspecified atom stereocenters. The van der Waals surface area contributed by atoms with Gasteiger partial charge in [0.15, 0.2) is 0 Å². The molecule has 2 aromatic rings. The predicted octanol–water partition coefficient (Wildman–Crippen LogP) is 2.60. The van der Waals surface area contributed by atoms with Gasteiger partial charge >= 0.3 is 0 Å². The third kappa shape index (κ3) is 5.47. The minimum absolute atomic E-state index is 0.0828. The minimum atomic E-state index is -3.50. The van der Waals surface area contributed by atoms with E-state index in [2.05, 4.69) is 15.4 Å². The van der Waals surface area contributed by atoms with Gasteiger partial charge in [0.2, 0.25) is 21.8 Å². The zero-order chi connectivity index (χ0) is 21.0. The number of benzene rings is 2. The second-order valence-electron chi connectivity index (χ2n) is 6.92. The van der Waals surface area contributed by atoms with Gasteiger partial charge in [-0.25, -0.2) is 8.42 Å². The maximum Gasteiger partial charge on any atom is 0.229 e. The predicted molar refractivity (Wildman–Crippen MR) is 112 cm³/mol. The van der Waals surface area contributed by atoms with Crippen LogP contribution in [0.25, 0.3) is 0 Å². The van der Waals surface area contributed by atoms with Gasteiger partial charge in [-0.1, -0.05) is 18.2 Å². The van der Waals surface area contributed by atoms with Gasteiger partial charge in [0.1, 0.15) is 5.75 Å². The SMILES string of the molecule is COc1ccc(NC(=O)CCC2Cc3ccccc3NC2=O)cc1NS(C)(=O)=O. The van der Waals surface area contributed by atoms with E-state index >= 15 is 0 Å². The fourth-order valence-corrected chi connectivity index (χ4v) is 3.80. The molecule has 1 aliphatic heterocycles. The van der Waals surface area contributed by atoms with E-state index in [-0.39, 0.29) is 29.8 Å². The summed E-state index contributed by atoms with van der Waals surface area (Å²) in [5.74, 6) is -0.271. The molecule has 0 aromatic heterocycles. The number of nitrogens with one attached hydrogen (secondary N) is 3. The summed E-state index contributed by atoms with van der Waals surface area (Å²) < 4.78 is 30.5. The molecule has 1 atom stereocenters. The molecule has 0 radical (unpaired) electrons. The average Bonchev–Trinajstić information content (AvgIpc) is 2.65. The number of carbonyl (C=O) groups excluding carboxylic acids is 2. The lowest BCUT2D eigenvalue weighted by Crippen LogP contribution is -2.30. The smallest absolute Gasteiger partial charge is 0.229 e. The van der Waals surface area contributed by atoms with Crippen LogP contribution in [0.5, 0.6) is 5.75 Å². The van der Waals surface area contributed by atoms with Crippen molar-refractivity contribution < 1.29 is 22.7 Å². The minimum Gasteiger partial charge on any atom is -0.495 e. The van der Waals surface area contributed by atoms with Crippen molar-refractivity contribution in [3.8, 4) is 5.75 Å². The van der Waals surface area contributed by atoms with Crippen LogP contribution in [-0.4, -0.2) is 33.6 Å². The van der Waals surface area contributed by atoms with Crippen LogP contribution >= 0.6 is 0 Å². The van der Waals surface area contributed by atoms with E-state index in [0.717, 1.165) is 17.5 Å². The number of ether oxygens (including phenoxy) is 1. The number of hydrogen-bond donors (Lipinski definition) is 3. The van der Waals surface area contributed by atoms with E-state index in [9.17, 15) is 18.0 Å². The number of methoxy groups -OCH3 is 1. The molecule has 2 amide bonds. The van der Waals surface area contributed by atoms with Crippen LogP contribution in [0.4, 0.5) is 17.1 Å². The van der Waals surface area contributed by atoms with Gasteiger partial charge in [0.05, 0.1) is 19.1 Å². The Kier molecular flexibility index (Phi) is 6.07. The number of amides is 2. The molecule has 2 aromatic carbocycles. The highest BCUT2D eigenvalue weighted by Gasteiger charge is 2.26. The summed E-state index contributed by atoms with van der Waals surface area (Å²) in [6.45, 7) is 0. The first-order valence-corrected chi connectivity index (χ1v) is 11.0. The first-order chi connectivity index (χ1) is 13.7. The Morgan fingerprint density at radius 3 is 2.72 bits per heavy atom. The van der Waals surface area contributed by atoms with Crippen LogP contribution < -0.4 is 20.1 Å².